The SMILES string of the molecule is Cc1cc(C)c(S(=O)(=O)NC2CCCC2)cc1CO. The summed E-state index contributed by atoms with van der Waals surface area (Å²) in [6.45, 7) is 3.52. The molecule has 0 amide bonds. The van der Waals surface area contributed by atoms with E-state index in [4.69, 9.17) is 0 Å². The molecule has 0 aromatic heterocycles. The van der Waals surface area contributed by atoms with Crippen LogP contribution in [-0.2, 0) is 16.6 Å². The molecule has 0 radical (unpaired) electrons. The van der Waals surface area contributed by atoms with E-state index in [9.17, 15) is 13.5 Å². The van der Waals surface area contributed by atoms with Crippen molar-refractivity contribution in [2.24, 2.45) is 0 Å². The van der Waals surface area contributed by atoms with E-state index in [2.05, 4.69) is 4.72 Å². The minimum Gasteiger partial charge on any atom is -0.392 e. The van der Waals surface area contributed by atoms with Crippen LogP contribution in [0.5, 0.6) is 0 Å². The van der Waals surface area contributed by atoms with Crippen molar-refractivity contribution in [3.63, 3.8) is 0 Å². The van der Waals surface area contributed by atoms with Crippen molar-refractivity contribution in [1.29, 1.82) is 0 Å². The highest BCUT2D eigenvalue weighted by molar-refractivity contribution is 7.89. The lowest BCUT2D eigenvalue weighted by atomic mass is 10.1. The van der Waals surface area contributed by atoms with E-state index < -0.39 is 10.0 Å². The van der Waals surface area contributed by atoms with Gasteiger partial charge in [0.05, 0.1) is 11.5 Å². The van der Waals surface area contributed by atoms with E-state index >= 15 is 0 Å². The minimum absolute atomic E-state index is 0.0586. The molecule has 2 N–H and O–H groups in total. The van der Waals surface area contributed by atoms with Gasteiger partial charge < -0.3 is 5.11 Å². The van der Waals surface area contributed by atoms with Crippen LogP contribution in [0, 0.1) is 13.8 Å². The van der Waals surface area contributed by atoms with Crippen LogP contribution in [0.15, 0.2) is 17.0 Å². The Balaban J connectivity index is 2.33. The molecule has 0 bridgehead atoms. The largest absolute Gasteiger partial charge is 0.392 e. The maximum atomic E-state index is 12.4. The molecule has 0 spiro atoms. The molecular weight excluding hydrogens is 262 g/mol. The number of hydrogen-bond acceptors (Lipinski definition) is 3. The molecular formula is C14H21NO3S. The molecule has 1 aromatic carbocycles. The lowest BCUT2D eigenvalue weighted by Gasteiger charge is -2.16. The predicted octanol–water partition coefficient (Wildman–Crippen LogP) is 2.02. The Kier molecular flexibility index (Phi) is 4.28. The van der Waals surface area contributed by atoms with E-state index in [1.54, 1.807) is 13.0 Å². The molecule has 1 saturated carbocycles. The molecule has 19 heavy (non-hydrogen) atoms. The topological polar surface area (TPSA) is 66.4 Å². The summed E-state index contributed by atoms with van der Waals surface area (Å²) in [5.74, 6) is 0. The zero-order valence-electron chi connectivity index (χ0n) is 11.4. The Morgan fingerprint density at radius 1 is 1.21 bits per heavy atom. The normalized spacial score (nSPS) is 17.0. The van der Waals surface area contributed by atoms with Crippen LogP contribution in [0.1, 0.15) is 42.4 Å². The van der Waals surface area contributed by atoms with E-state index in [-0.39, 0.29) is 17.5 Å². The first kappa shape index (κ1) is 14.5. The molecule has 0 unspecified atom stereocenters. The Bertz CT molecular complexity index is 560. The van der Waals surface area contributed by atoms with Gasteiger partial charge in [-0.25, -0.2) is 13.1 Å². The first-order chi connectivity index (χ1) is 8.94. The van der Waals surface area contributed by atoms with Gasteiger partial charge in [-0.1, -0.05) is 18.9 Å². The average Bonchev–Trinajstić information content (AvgIpc) is 2.80. The second-order valence-electron chi connectivity index (χ2n) is 5.30. The molecule has 5 heteroatoms. The Morgan fingerprint density at radius 2 is 1.84 bits per heavy atom. The molecule has 2 rings (SSSR count). The summed E-state index contributed by atoms with van der Waals surface area (Å²) in [5, 5.41) is 9.27. The summed E-state index contributed by atoms with van der Waals surface area (Å²) in [5.41, 5.74) is 2.30. The molecule has 0 saturated heterocycles. The van der Waals surface area contributed by atoms with Crippen molar-refractivity contribution < 1.29 is 13.5 Å². The van der Waals surface area contributed by atoms with Crippen LogP contribution < -0.4 is 4.72 Å². The fourth-order valence-electron chi connectivity index (χ4n) is 2.66. The third kappa shape index (κ3) is 3.16. The molecule has 1 fully saturated rings. The lowest BCUT2D eigenvalue weighted by molar-refractivity contribution is 0.280. The number of sulfonamides is 1. The highest BCUT2D eigenvalue weighted by Gasteiger charge is 2.24. The summed E-state index contributed by atoms with van der Waals surface area (Å²) in [6.07, 6.45) is 4.00. The number of hydrogen-bond donors (Lipinski definition) is 2. The molecule has 1 aliphatic carbocycles. The summed E-state index contributed by atoms with van der Waals surface area (Å²) < 4.78 is 27.6. The fourth-order valence-corrected chi connectivity index (χ4v) is 4.24. The van der Waals surface area contributed by atoms with Crippen molar-refractivity contribution in [3.8, 4) is 0 Å². The van der Waals surface area contributed by atoms with Gasteiger partial charge in [-0.3, -0.25) is 0 Å². The highest BCUT2D eigenvalue weighted by Crippen LogP contribution is 2.24. The standard InChI is InChI=1S/C14H21NO3S/c1-10-7-11(2)14(8-12(10)9-16)19(17,18)15-13-5-3-4-6-13/h7-8,13,15-16H,3-6,9H2,1-2H3. The van der Waals surface area contributed by atoms with Crippen LogP contribution >= 0.6 is 0 Å². The Labute approximate surface area is 114 Å². The van der Waals surface area contributed by atoms with Gasteiger partial charge in [-0.05, 0) is 49.4 Å². The number of aliphatic hydroxyl groups is 1. The van der Waals surface area contributed by atoms with Gasteiger partial charge in [0.15, 0.2) is 0 Å². The van der Waals surface area contributed by atoms with Gasteiger partial charge in [-0.15, -0.1) is 0 Å². The number of aryl methyl sites for hydroxylation is 2. The van der Waals surface area contributed by atoms with Gasteiger partial charge in [0.1, 0.15) is 0 Å². The third-order valence-corrected chi connectivity index (χ3v) is 5.43. The summed E-state index contributed by atoms with van der Waals surface area (Å²) in [6, 6.07) is 3.46. The van der Waals surface area contributed by atoms with Crippen LogP contribution in [0.4, 0.5) is 0 Å². The summed E-state index contributed by atoms with van der Waals surface area (Å²) >= 11 is 0. The first-order valence-corrected chi connectivity index (χ1v) is 8.15. The summed E-state index contributed by atoms with van der Waals surface area (Å²) in [4.78, 5) is 0.286. The quantitative estimate of drug-likeness (QED) is 0.888. The molecule has 0 atom stereocenters. The van der Waals surface area contributed by atoms with Gasteiger partial charge in [-0.2, -0.15) is 0 Å². The van der Waals surface area contributed by atoms with Crippen LogP contribution in [-0.4, -0.2) is 19.6 Å². The van der Waals surface area contributed by atoms with E-state index in [0.717, 1.165) is 36.8 Å². The summed E-state index contributed by atoms with van der Waals surface area (Å²) in [7, 11) is -3.48. The molecule has 1 aromatic rings. The maximum absolute atomic E-state index is 12.4. The Hall–Kier alpha value is -0.910. The van der Waals surface area contributed by atoms with Crippen LogP contribution in [0.3, 0.4) is 0 Å². The van der Waals surface area contributed by atoms with E-state index in [1.165, 1.54) is 0 Å². The first-order valence-electron chi connectivity index (χ1n) is 6.67. The van der Waals surface area contributed by atoms with Crippen LogP contribution in [0.25, 0.3) is 0 Å². The van der Waals surface area contributed by atoms with Crippen molar-refractivity contribution in [1.82, 2.24) is 4.72 Å². The number of aliphatic hydroxyl groups excluding tert-OH is 1. The van der Waals surface area contributed by atoms with Gasteiger partial charge >= 0.3 is 0 Å². The highest BCUT2D eigenvalue weighted by atomic mass is 32.2. The third-order valence-electron chi connectivity index (χ3n) is 3.77. The predicted molar refractivity (Wildman–Crippen MR) is 74.4 cm³/mol. The molecule has 0 heterocycles. The second kappa shape index (κ2) is 5.61. The second-order valence-corrected chi connectivity index (χ2v) is 6.99. The number of nitrogens with one attached hydrogen (secondary N) is 1. The molecule has 4 nitrogen and oxygen atoms in total. The number of rotatable bonds is 4. The average molecular weight is 283 g/mol. The van der Waals surface area contributed by atoms with E-state index in [0.29, 0.717) is 5.56 Å². The lowest BCUT2D eigenvalue weighted by Crippen LogP contribution is -2.33. The smallest absolute Gasteiger partial charge is 0.241 e. The minimum atomic E-state index is -3.48. The van der Waals surface area contributed by atoms with Gasteiger partial charge in [0.2, 0.25) is 10.0 Å². The Morgan fingerprint density at radius 3 is 2.42 bits per heavy atom. The number of benzene rings is 1. The molecule has 106 valence electrons. The van der Waals surface area contributed by atoms with Crippen molar-refractivity contribution in [2.45, 2.75) is 57.1 Å². The van der Waals surface area contributed by atoms with Gasteiger partial charge in [0.25, 0.3) is 0 Å². The van der Waals surface area contributed by atoms with Crippen molar-refractivity contribution in [3.05, 3.63) is 28.8 Å². The van der Waals surface area contributed by atoms with Crippen molar-refractivity contribution >= 4 is 10.0 Å². The van der Waals surface area contributed by atoms with E-state index in [1.807, 2.05) is 13.0 Å². The van der Waals surface area contributed by atoms with Gasteiger partial charge in [0, 0.05) is 6.04 Å². The monoisotopic (exact) mass is 283 g/mol. The van der Waals surface area contributed by atoms with Crippen molar-refractivity contribution in [2.75, 3.05) is 0 Å². The fraction of sp³-hybridized carbons (Fsp3) is 0.571. The molecule has 0 aliphatic heterocycles. The maximum Gasteiger partial charge on any atom is 0.241 e. The zero-order valence-corrected chi connectivity index (χ0v) is 12.3. The zero-order chi connectivity index (χ0) is 14.0. The molecule has 1 aliphatic rings. The van der Waals surface area contributed by atoms with Crippen LogP contribution in [0.2, 0.25) is 0 Å².